The van der Waals surface area contributed by atoms with E-state index >= 15 is 0 Å². The number of aryl methyl sites for hydroxylation is 1. The minimum atomic E-state index is -0.374. The number of nitrogens with one attached hydrogen (secondary N) is 2. The number of anilines is 2. The number of halogens is 2. The third kappa shape index (κ3) is 5.42. The SMILES string of the molecule is Cc1ccc(Cl)cc1NC(=O)Nc1ccc(Cn2cnc(-c3nc(-c4cccc(F)c4)no3)c2)cc1. The molecule has 2 heterocycles. The van der Waals surface area contributed by atoms with Crippen LogP contribution in [-0.2, 0) is 6.54 Å². The highest BCUT2D eigenvalue weighted by Crippen LogP contribution is 2.23. The summed E-state index contributed by atoms with van der Waals surface area (Å²) in [4.78, 5) is 21.0. The van der Waals surface area contributed by atoms with E-state index in [0.29, 0.717) is 34.2 Å². The Morgan fingerprint density at radius 1 is 1.08 bits per heavy atom. The highest BCUT2D eigenvalue weighted by Gasteiger charge is 2.14. The lowest BCUT2D eigenvalue weighted by atomic mass is 10.2. The number of hydrogen-bond acceptors (Lipinski definition) is 5. The normalized spacial score (nSPS) is 10.9. The third-order valence-corrected chi connectivity index (χ3v) is 5.62. The molecule has 0 aliphatic heterocycles. The highest BCUT2D eigenvalue weighted by atomic mass is 35.5. The Morgan fingerprint density at radius 3 is 2.72 bits per heavy atom. The first-order chi connectivity index (χ1) is 17.4. The number of carbonyl (C=O) groups is 1. The van der Waals surface area contributed by atoms with Crippen molar-refractivity contribution in [3.8, 4) is 23.0 Å². The molecule has 5 aromatic rings. The second-order valence-corrected chi connectivity index (χ2v) is 8.54. The standard InChI is InChI=1S/C26H20ClFN6O2/c1-16-5-8-19(27)12-22(16)31-26(35)30-21-9-6-17(7-10-21)13-34-14-23(29-15-34)25-32-24(33-36-25)18-3-2-4-20(28)11-18/h2-12,14-15H,13H2,1H3,(H2,30,31,35). The highest BCUT2D eigenvalue weighted by molar-refractivity contribution is 6.31. The molecule has 36 heavy (non-hydrogen) atoms. The zero-order valence-corrected chi connectivity index (χ0v) is 19.8. The van der Waals surface area contributed by atoms with Crippen LogP contribution >= 0.6 is 11.6 Å². The van der Waals surface area contributed by atoms with Crippen LogP contribution in [0.1, 0.15) is 11.1 Å². The summed E-state index contributed by atoms with van der Waals surface area (Å²) in [5.74, 6) is 0.159. The Kier molecular flexibility index (Phi) is 6.46. The predicted octanol–water partition coefficient (Wildman–Crippen LogP) is 6.39. The molecule has 0 fully saturated rings. The second kappa shape index (κ2) is 10.0. The molecular weight excluding hydrogens is 483 g/mol. The number of amides is 2. The van der Waals surface area contributed by atoms with E-state index in [1.807, 2.05) is 41.8 Å². The quantitative estimate of drug-likeness (QED) is 0.280. The number of imidazole rings is 1. The molecule has 180 valence electrons. The molecule has 0 bridgehead atoms. The van der Waals surface area contributed by atoms with Crippen molar-refractivity contribution in [1.29, 1.82) is 0 Å². The lowest BCUT2D eigenvalue weighted by Crippen LogP contribution is -2.20. The van der Waals surface area contributed by atoms with E-state index in [0.717, 1.165) is 11.1 Å². The first-order valence-corrected chi connectivity index (χ1v) is 11.4. The first kappa shape index (κ1) is 23.3. The van der Waals surface area contributed by atoms with E-state index in [9.17, 15) is 9.18 Å². The first-order valence-electron chi connectivity index (χ1n) is 11.0. The van der Waals surface area contributed by atoms with Gasteiger partial charge in [-0.1, -0.05) is 47.1 Å². The minimum absolute atomic E-state index is 0.244. The topological polar surface area (TPSA) is 97.9 Å². The summed E-state index contributed by atoms with van der Waals surface area (Å²) in [6.45, 7) is 2.44. The Balaban J connectivity index is 1.20. The Labute approximate surface area is 210 Å². The van der Waals surface area contributed by atoms with E-state index in [2.05, 4.69) is 25.8 Å². The predicted molar refractivity (Wildman–Crippen MR) is 135 cm³/mol. The fourth-order valence-corrected chi connectivity index (χ4v) is 3.72. The van der Waals surface area contributed by atoms with Crippen LogP contribution in [0.2, 0.25) is 5.02 Å². The largest absolute Gasteiger partial charge is 0.332 e. The molecular formula is C26H20ClFN6O2. The van der Waals surface area contributed by atoms with Crippen LogP contribution < -0.4 is 10.6 Å². The average molecular weight is 503 g/mol. The summed E-state index contributed by atoms with van der Waals surface area (Å²) in [5.41, 5.74) is 4.25. The van der Waals surface area contributed by atoms with Gasteiger partial charge in [0.2, 0.25) is 5.82 Å². The maximum Gasteiger partial charge on any atom is 0.323 e. The molecule has 0 aliphatic rings. The van der Waals surface area contributed by atoms with Crippen molar-refractivity contribution in [2.24, 2.45) is 0 Å². The van der Waals surface area contributed by atoms with E-state index in [-0.39, 0.29) is 23.6 Å². The summed E-state index contributed by atoms with van der Waals surface area (Å²) >= 11 is 6.01. The molecule has 3 aromatic carbocycles. The van der Waals surface area contributed by atoms with Crippen molar-refractivity contribution in [1.82, 2.24) is 19.7 Å². The zero-order chi connectivity index (χ0) is 25.1. The van der Waals surface area contributed by atoms with Gasteiger partial charge in [-0.3, -0.25) is 0 Å². The number of urea groups is 1. The third-order valence-electron chi connectivity index (χ3n) is 5.39. The summed E-state index contributed by atoms with van der Waals surface area (Å²) in [7, 11) is 0. The fraction of sp³-hybridized carbons (Fsp3) is 0.0769. The summed E-state index contributed by atoms with van der Waals surface area (Å²) in [5, 5.41) is 10.1. The smallest absolute Gasteiger partial charge is 0.323 e. The van der Waals surface area contributed by atoms with Crippen LogP contribution in [0.25, 0.3) is 23.0 Å². The summed E-state index contributed by atoms with van der Waals surface area (Å²) in [6, 6.07) is 18.4. The number of rotatable bonds is 6. The van der Waals surface area contributed by atoms with Crippen molar-refractivity contribution in [3.05, 3.63) is 101 Å². The van der Waals surface area contributed by atoms with E-state index < -0.39 is 0 Å². The van der Waals surface area contributed by atoms with Crippen molar-refractivity contribution in [3.63, 3.8) is 0 Å². The van der Waals surface area contributed by atoms with Crippen LogP contribution in [0.15, 0.2) is 83.8 Å². The van der Waals surface area contributed by atoms with Gasteiger partial charge in [0.25, 0.3) is 5.89 Å². The van der Waals surface area contributed by atoms with Gasteiger partial charge in [-0.15, -0.1) is 0 Å². The summed E-state index contributed by atoms with van der Waals surface area (Å²) in [6.07, 6.45) is 3.45. The van der Waals surface area contributed by atoms with Crippen molar-refractivity contribution in [2.45, 2.75) is 13.5 Å². The molecule has 2 aromatic heterocycles. The molecule has 8 nitrogen and oxygen atoms in total. The van der Waals surface area contributed by atoms with Gasteiger partial charge in [0.05, 0.1) is 6.33 Å². The molecule has 0 saturated carbocycles. The molecule has 10 heteroatoms. The number of nitrogens with zero attached hydrogens (tertiary/aromatic N) is 4. The molecule has 0 radical (unpaired) electrons. The average Bonchev–Trinajstić information content (AvgIpc) is 3.53. The Hall–Kier alpha value is -4.50. The maximum absolute atomic E-state index is 13.5. The molecule has 0 spiro atoms. The van der Waals surface area contributed by atoms with Gasteiger partial charge in [-0.2, -0.15) is 4.98 Å². The lowest BCUT2D eigenvalue weighted by Gasteiger charge is -2.11. The number of hydrogen-bond donors (Lipinski definition) is 2. The van der Waals surface area contributed by atoms with E-state index in [1.54, 1.807) is 36.8 Å². The number of benzene rings is 3. The van der Waals surface area contributed by atoms with Gasteiger partial charge in [-0.05, 0) is 54.4 Å². The molecule has 2 amide bonds. The van der Waals surface area contributed by atoms with E-state index in [4.69, 9.17) is 16.1 Å². The van der Waals surface area contributed by atoms with Gasteiger partial charge in [0, 0.05) is 34.7 Å². The maximum atomic E-state index is 13.5. The van der Waals surface area contributed by atoms with E-state index in [1.165, 1.54) is 12.1 Å². The van der Waals surface area contributed by atoms with Crippen LogP contribution in [0.3, 0.4) is 0 Å². The monoisotopic (exact) mass is 502 g/mol. The second-order valence-electron chi connectivity index (χ2n) is 8.10. The van der Waals surface area contributed by atoms with Crippen molar-refractivity contribution in [2.75, 3.05) is 10.6 Å². The molecule has 0 saturated heterocycles. The summed E-state index contributed by atoms with van der Waals surface area (Å²) < 4.78 is 20.6. The van der Waals surface area contributed by atoms with Gasteiger partial charge >= 0.3 is 6.03 Å². The molecule has 0 unspecified atom stereocenters. The van der Waals surface area contributed by atoms with Crippen molar-refractivity contribution >= 4 is 29.0 Å². The number of carbonyl (C=O) groups excluding carboxylic acids is 1. The van der Waals surface area contributed by atoms with Gasteiger partial charge in [-0.25, -0.2) is 14.2 Å². The van der Waals surface area contributed by atoms with Crippen LogP contribution in [0.4, 0.5) is 20.6 Å². The lowest BCUT2D eigenvalue weighted by molar-refractivity contribution is 0.262. The molecule has 0 atom stereocenters. The number of aromatic nitrogens is 4. The van der Waals surface area contributed by atoms with Crippen LogP contribution in [0.5, 0.6) is 0 Å². The molecule has 2 N–H and O–H groups in total. The Morgan fingerprint density at radius 2 is 1.92 bits per heavy atom. The molecule has 5 rings (SSSR count). The minimum Gasteiger partial charge on any atom is -0.332 e. The van der Waals surface area contributed by atoms with Crippen molar-refractivity contribution < 1.29 is 13.7 Å². The van der Waals surface area contributed by atoms with Crippen LogP contribution in [0, 0.1) is 12.7 Å². The Bertz CT molecular complexity index is 1530. The fourth-order valence-electron chi connectivity index (χ4n) is 3.55. The van der Waals surface area contributed by atoms with Gasteiger partial charge in [0.1, 0.15) is 11.5 Å². The zero-order valence-electron chi connectivity index (χ0n) is 19.1. The molecule has 0 aliphatic carbocycles. The van der Waals surface area contributed by atoms with Gasteiger partial charge < -0.3 is 19.7 Å². The van der Waals surface area contributed by atoms with Crippen LogP contribution in [-0.4, -0.2) is 25.7 Å². The van der Waals surface area contributed by atoms with Gasteiger partial charge in [0.15, 0.2) is 0 Å².